The minimum Gasteiger partial charge on any atom is -0.497 e. The minimum absolute atomic E-state index is 0.316. The second kappa shape index (κ2) is 10.4. The topological polar surface area (TPSA) is 74.3 Å². The number of hydrogen-bond donors (Lipinski definition) is 2. The fourth-order valence-corrected chi connectivity index (χ4v) is 4.35. The van der Waals surface area contributed by atoms with Crippen LogP contribution in [-0.2, 0) is 6.54 Å². The van der Waals surface area contributed by atoms with Gasteiger partial charge in [-0.25, -0.2) is 4.98 Å². The van der Waals surface area contributed by atoms with Crippen LogP contribution in [0.2, 0.25) is 0 Å². The van der Waals surface area contributed by atoms with Crippen LogP contribution < -0.4 is 29.9 Å². The monoisotopic (exact) mass is 438 g/mol. The van der Waals surface area contributed by atoms with E-state index >= 15 is 0 Å². The van der Waals surface area contributed by atoms with Gasteiger partial charge >= 0.3 is 0 Å². The van der Waals surface area contributed by atoms with Crippen LogP contribution in [0.25, 0.3) is 0 Å². The molecule has 0 saturated carbocycles. The van der Waals surface area contributed by atoms with Crippen molar-refractivity contribution in [2.45, 2.75) is 31.8 Å². The van der Waals surface area contributed by atoms with Crippen molar-refractivity contribution in [2.24, 2.45) is 4.99 Å². The summed E-state index contributed by atoms with van der Waals surface area (Å²) in [4.78, 5) is 13.7. The van der Waals surface area contributed by atoms with Gasteiger partial charge in [-0.05, 0) is 37.0 Å². The van der Waals surface area contributed by atoms with Gasteiger partial charge in [-0.2, -0.15) is 0 Å². The molecule has 4 rings (SSSR count). The van der Waals surface area contributed by atoms with E-state index in [4.69, 9.17) is 9.47 Å². The standard InChI is InChI=1S/C24H34N6O2/c1-25-24(27-16-18-6-8-26-23(12-18)29-9-4-5-10-29)28-19-7-11-30(17-19)20-13-21(31-2)15-22(14-20)32-3/h6,8,12-15,19H,4-5,7,9-11,16-17H2,1-3H3,(H2,25,27,28). The number of aliphatic imine (C=N–C) groups is 1. The summed E-state index contributed by atoms with van der Waals surface area (Å²) in [5.74, 6) is 3.50. The van der Waals surface area contributed by atoms with E-state index in [1.807, 2.05) is 19.3 Å². The lowest BCUT2D eigenvalue weighted by Gasteiger charge is -2.22. The van der Waals surface area contributed by atoms with Crippen LogP contribution in [0, 0.1) is 0 Å². The maximum absolute atomic E-state index is 5.42. The lowest BCUT2D eigenvalue weighted by molar-refractivity contribution is 0.394. The van der Waals surface area contributed by atoms with Crippen LogP contribution in [0.15, 0.2) is 41.5 Å². The molecule has 32 heavy (non-hydrogen) atoms. The van der Waals surface area contributed by atoms with Crippen LogP contribution in [0.3, 0.4) is 0 Å². The Morgan fingerprint density at radius 2 is 1.81 bits per heavy atom. The molecule has 2 aromatic rings. The van der Waals surface area contributed by atoms with Crippen molar-refractivity contribution in [3.8, 4) is 11.5 Å². The Balaban J connectivity index is 1.32. The number of hydrogen-bond acceptors (Lipinski definition) is 6. The Morgan fingerprint density at radius 3 is 2.50 bits per heavy atom. The van der Waals surface area contributed by atoms with Gasteiger partial charge in [0.1, 0.15) is 17.3 Å². The van der Waals surface area contributed by atoms with Gasteiger partial charge in [0.25, 0.3) is 0 Å². The third kappa shape index (κ3) is 5.36. The highest BCUT2D eigenvalue weighted by Gasteiger charge is 2.24. The predicted octanol–water partition coefficient (Wildman–Crippen LogP) is 2.64. The third-order valence-corrected chi connectivity index (χ3v) is 6.15. The number of methoxy groups -OCH3 is 2. The number of benzene rings is 1. The first-order valence-electron chi connectivity index (χ1n) is 11.3. The molecule has 8 nitrogen and oxygen atoms in total. The number of nitrogens with zero attached hydrogens (tertiary/aromatic N) is 4. The number of aromatic nitrogens is 1. The van der Waals surface area contributed by atoms with E-state index in [1.54, 1.807) is 14.2 Å². The number of ether oxygens (including phenoxy) is 2. The lowest BCUT2D eigenvalue weighted by Crippen LogP contribution is -2.44. The minimum atomic E-state index is 0.316. The quantitative estimate of drug-likeness (QED) is 0.509. The Morgan fingerprint density at radius 1 is 1.06 bits per heavy atom. The molecule has 0 radical (unpaired) electrons. The molecule has 2 fully saturated rings. The summed E-state index contributed by atoms with van der Waals surface area (Å²) in [6.07, 6.45) is 5.44. The van der Waals surface area contributed by atoms with E-state index in [2.05, 4.69) is 54.7 Å². The zero-order valence-corrected chi connectivity index (χ0v) is 19.3. The summed E-state index contributed by atoms with van der Waals surface area (Å²) < 4.78 is 10.8. The molecule has 1 atom stereocenters. The highest BCUT2D eigenvalue weighted by molar-refractivity contribution is 5.80. The average molecular weight is 439 g/mol. The first-order valence-corrected chi connectivity index (χ1v) is 11.3. The highest BCUT2D eigenvalue weighted by atomic mass is 16.5. The first kappa shape index (κ1) is 22.0. The molecule has 1 aromatic heterocycles. The van der Waals surface area contributed by atoms with Gasteiger partial charge in [-0.3, -0.25) is 4.99 Å². The molecule has 0 spiro atoms. The molecular formula is C24H34N6O2. The van der Waals surface area contributed by atoms with Crippen LogP contribution in [0.5, 0.6) is 11.5 Å². The van der Waals surface area contributed by atoms with E-state index in [0.29, 0.717) is 12.6 Å². The van der Waals surface area contributed by atoms with E-state index in [9.17, 15) is 0 Å². The normalized spacial score (nSPS) is 18.7. The van der Waals surface area contributed by atoms with Crippen LogP contribution in [0.1, 0.15) is 24.8 Å². The molecular weight excluding hydrogens is 404 g/mol. The van der Waals surface area contributed by atoms with Crippen LogP contribution in [-0.4, -0.2) is 64.4 Å². The lowest BCUT2D eigenvalue weighted by atomic mass is 10.2. The van der Waals surface area contributed by atoms with E-state index in [-0.39, 0.29) is 0 Å². The third-order valence-electron chi connectivity index (χ3n) is 6.15. The SMILES string of the molecule is CN=C(NCc1ccnc(N2CCCC2)c1)NC1CCN(c2cc(OC)cc(OC)c2)C1. The fraction of sp³-hybridized carbons (Fsp3) is 0.500. The second-order valence-electron chi connectivity index (χ2n) is 8.29. The molecule has 0 bridgehead atoms. The van der Waals surface area contributed by atoms with Crippen LogP contribution in [0.4, 0.5) is 11.5 Å². The summed E-state index contributed by atoms with van der Waals surface area (Å²) in [7, 11) is 5.18. The van der Waals surface area contributed by atoms with Gasteiger partial charge in [0, 0.05) is 75.9 Å². The van der Waals surface area contributed by atoms with Gasteiger partial charge in [-0.15, -0.1) is 0 Å². The first-order chi connectivity index (χ1) is 15.7. The smallest absolute Gasteiger partial charge is 0.191 e. The van der Waals surface area contributed by atoms with Gasteiger partial charge in [-0.1, -0.05) is 0 Å². The number of guanidine groups is 1. The summed E-state index contributed by atoms with van der Waals surface area (Å²) in [6, 6.07) is 10.6. The molecule has 3 heterocycles. The summed E-state index contributed by atoms with van der Waals surface area (Å²) in [6.45, 7) is 4.78. The molecule has 0 amide bonds. The summed E-state index contributed by atoms with van der Waals surface area (Å²) >= 11 is 0. The van der Waals surface area contributed by atoms with E-state index in [1.165, 1.54) is 18.4 Å². The maximum atomic E-state index is 5.42. The van der Waals surface area contributed by atoms with E-state index in [0.717, 1.165) is 61.6 Å². The van der Waals surface area contributed by atoms with Crippen molar-refractivity contribution in [1.82, 2.24) is 15.6 Å². The van der Waals surface area contributed by atoms with Crippen LogP contribution >= 0.6 is 0 Å². The number of anilines is 2. The van der Waals surface area contributed by atoms with Crippen molar-refractivity contribution in [1.29, 1.82) is 0 Å². The molecule has 2 aliphatic rings. The molecule has 1 aromatic carbocycles. The van der Waals surface area contributed by atoms with Crippen molar-refractivity contribution in [2.75, 3.05) is 57.2 Å². The maximum Gasteiger partial charge on any atom is 0.191 e. The van der Waals surface area contributed by atoms with Crippen molar-refractivity contribution in [3.63, 3.8) is 0 Å². The fourth-order valence-electron chi connectivity index (χ4n) is 4.35. The molecule has 2 aliphatic heterocycles. The largest absolute Gasteiger partial charge is 0.497 e. The molecule has 2 saturated heterocycles. The Hall–Kier alpha value is -3.16. The average Bonchev–Trinajstić information content (AvgIpc) is 3.54. The highest BCUT2D eigenvalue weighted by Crippen LogP contribution is 2.30. The Labute approximate surface area is 190 Å². The summed E-state index contributed by atoms with van der Waals surface area (Å²) in [5, 5.41) is 7.03. The molecule has 2 N–H and O–H groups in total. The van der Waals surface area contributed by atoms with E-state index < -0.39 is 0 Å². The molecule has 1 unspecified atom stereocenters. The number of rotatable bonds is 7. The predicted molar refractivity (Wildman–Crippen MR) is 129 cm³/mol. The summed E-state index contributed by atoms with van der Waals surface area (Å²) in [5.41, 5.74) is 2.32. The Bertz CT molecular complexity index is 906. The van der Waals surface area contributed by atoms with Gasteiger partial charge < -0.3 is 29.9 Å². The Kier molecular flexibility index (Phi) is 7.19. The number of pyridine rings is 1. The van der Waals surface area contributed by atoms with Crippen molar-refractivity contribution >= 4 is 17.5 Å². The second-order valence-corrected chi connectivity index (χ2v) is 8.29. The zero-order valence-electron chi connectivity index (χ0n) is 19.3. The van der Waals surface area contributed by atoms with Crippen molar-refractivity contribution in [3.05, 3.63) is 42.1 Å². The number of nitrogens with one attached hydrogen (secondary N) is 2. The molecule has 8 heteroatoms. The molecule has 0 aliphatic carbocycles. The zero-order chi connectivity index (χ0) is 22.3. The van der Waals surface area contributed by atoms with Gasteiger partial charge in [0.05, 0.1) is 14.2 Å². The van der Waals surface area contributed by atoms with Gasteiger partial charge in [0.2, 0.25) is 0 Å². The van der Waals surface area contributed by atoms with Crippen molar-refractivity contribution < 1.29 is 9.47 Å². The van der Waals surface area contributed by atoms with Gasteiger partial charge in [0.15, 0.2) is 5.96 Å². The molecule has 172 valence electrons.